The molecule has 1 rings (SSSR count). The van der Waals surface area contributed by atoms with Crippen molar-refractivity contribution in [1.82, 2.24) is 0 Å². The van der Waals surface area contributed by atoms with Crippen LogP contribution in [0.2, 0.25) is 0 Å². The van der Waals surface area contributed by atoms with Crippen molar-refractivity contribution in [3.8, 4) is 0 Å². The van der Waals surface area contributed by atoms with Gasteiger partial charge in [0.15, 0.2) is 0 Å². The Kier molecular flexibility index (Phi) is 11.6. The molecule has 1 saturated carbocycles. The molecule has 0 bridgehead atoms. The van der Waals surface area contributed by atoms with Crippen LogP contribution in [0, 0.1) is 11.8 Å². The van der Waals surface area contributed by atoms with E-state index in [0.29, 0.717) is 12.8 Å². The maximum atomic E-state index is 12.6. The van der Waals surface area contributed by atoms with Crippen molar-refractivity contribution in [2.75, 3.05) is 0 Å². The molecule has 3 atom stereocenters. The molecule has 3 unspecified atom stereocenters. The lowest BCUT2D eigenvalue weighted by molar-refractivity contribution is -0.164. The van der Waals surface area contributed by atoms with Crippen molar-refractivity contribution in [3.05, 3.63) is 0 Å². The summed E-state index contributed by atoms with van der Waals surface area (Å²) in [4.78, 5) is 24.0. The van der Waals surface area contributed by atoms with E-state index in [9.17, 15) is 14.7 Å². The van der Waals surface area contributed by atoms with Gasteiger partial charge >= 0.3 is 11.9 Å². The Morgan fingerprint density at radius 3 is 2.08 bits per heavy atom. The molecule has 4 heteroatoms. The molecule has 0 aromatic rings. The molecular formula is C21H38O4. The number of aliphatic carboxylic acids is 1. The number of hydrogen-bond donors (Lipinski definition) is 1. The lowest BCUT2D eigenvalue weighted by atomic mass is 9.79. The summed E-state index contributed by atoms with van der Waals surface area (Å²) in [6.45, 7) is 4.36. The molecule has 0 aliphatic heterocycles. The molecule has 1 N–H and O–H groups in total. The minimum Gasteiger partial charge on any atom is -0.481 e. The summed E-state index contributed by atoms with van der Waals surface area (Å²) in [5.74, 6) is -2.11. The third kappa shape index (κ3) is 8.73. The standard InChI is InChI=1S/C21H38O4/c1-3-5-7-8-9-10-14-17(13-6-4-2)25-21(24)19-16-12-11-15-18(19)20(22)23/h17-19H,3-16H2,1-2H3,(H,22,23). The van der Waals surface area contributed by atoms with Crippen LogP contribution >= 0.6 is 0 Å². The van der Waals surface area contributed by atoms with Gasteiger partial charge in [0.2, 0.25) is 0 Å². The van der Waals surface area contributed by atoms with Crippen LogP contribution in [-0.2, 0) is 14.3 Å². The molecule has 1 aliphatic rings. The molecule has 0 aromatic carbocycles. The Labute approximate surface area is 153 Å². The first-order valence-electron chi connectivity index (χ1n) is 10.5. The highest BCUT2D eigenvalue weighted by Crippen LogP contribution is 2.32. The van der Waals surface area contributed by atoms with E-state index in [2.05, 4.69) is 13.8 Å². The van der Waals surface area contributed by atoms with E-state index in [1.165, 1.54) is 32.1 Å². The highest BCUT2D eigenvalue weighted by atomic mass is 16.5. The smallest absolute Gasteiger partial charge is 0.310 e. The topological polar surface area (TPSA) is 63.6 Å². The minimum atomic E-state index is -0.845. The molecule has 0 aromatic heterocycles. The first-order valence-corrected chi connectivity index (χ1v) is 10.5. The lowest BCUT2D eigenvalue weighted by Crippen LogP contribution is -2.35. The molecule has 1 aliphatic carbocycles. The predicted octanol–water partition coefficient (Wildman–Crippen LogP) is 5.73. The molecule has 1 fully saturated rings. The van der Waals surface area contributed by atoms with Crippen molar-refractivity contribution in [2.24, 2.45) is 11.8 Å². The maximum absolute atomic E-state index is 12.6. The Morgan fingerprint density at radius 2 is 1.44 bits per heavy atom. The third-order valence-corrected chi connectivity index (χ3v) is 5.43. The second-order valence-electron chi connectivity index (χ2n) is 7.59. The van der Waals surface area contributed by atoms with E-state index in [-0.39, 0.29) is 12.1 Å². The number of unbranched alkanes of at least 4 members (excludes halogenated alkanes) is 6. The summed E-state index contributed by atoms with van der Waals surface area (Å²) < 4.78 is 5.80. The van der Waals surface area contributed by atoms with Crippen LogP contribution in [-0.4, -0.2) is 23.1 Å². The van der Waals surface area contributed by atoms with Crippen LogP contribution in [0.4, 0.5) is 0 Å². The third-order valence-electron chi connectivity index (χ3n) is 5.43. The number of carbonyl (C=O) groups excluding carboxylic acids is 1. The normalized spacial score (nSPS) is 21.7. The highest BCUT2D eigenvalue weighted by molar-refractivity contribution is 5.81. The van der Waals surface area contributed by atoms with Crippen LogP contribution < -0.4 is 0 Å². The Morgan fingerprint density at radius 1 is 0.880 bits per heavy atom. The maximum Gasteiger partial charge on any atom is 0.310 e. The van der Waals surface area contributed by atoms with Gasteiger partial charge in [-0.15, -0.1) is 0 Å². The number of esters is 1. The van der Waals surface area contributed by atoms with Gasteiger partial charge in [0.1, 0.15) is 6.10 Å². The van der Waals surface area contributed by atoms with E-state index in [0.717, 1.165) is 44.9 Å². The van der Waals surface area contributed by atoms with Crippen molar-refractivity contribution in [1.29, 1.82) is 0 Å². The van der Waals surface area contributed by atoms with E-state index >= 15 is 0 Å². The van der Waals surface area contributed by atoms with Gasteiger partial charge in [-0.05, 0) is 32.1 Å². The van der Waals surface area contributed by atoms with Crippen LogP contribution in [0.3, 0.4) is 0 Å². The molecule has 25 heavy (non-hydrogen) atoms. The van der Waals surface area contributed by atoms with E-state index in [1.807, 2.05) is 0 Å². The minimum absolute atomic E-state index is 0.0324. The number of rotatable bonds is 13. The second-order valence-corrected chi connectivity index (χ2v) is 7.59. The largest absolute Gasteiger partial charge is 0.481 e. The SMILES string of the molecule is CCCCCCCCC(CCCC)OC(=O)C1CCCCC1C(=O)O. The van der Waals surface area contributed by atoms with Crippen molar-refractivity contribution >= 4 is 11.9 Å². The van der Waals surface area contributed by atoms with E-state index in [4.69, 9.17) is 4.74 Å². The van der Waals surface area contributed by atoms with Crippen molar-refractivity contribution in [3.63, 3.8) is 0 Å². The lowest BCUT2D eigenvalue weighted by Gasteiger charge is -2.28. The average Bonchev–Trinajstić information content (AvgIpc) is 2.62. The van der Waals surface area contributed by atoms with Crippen LogP contribution in [0.15, 0.2) is 0 Å². The first-order chi connectivity index (χ1) is 12.1. The van der Waals surface area contributed by atoms with Gasteiger partial charge in [0.05, 0.1) is 11.8 Å². The summed E-state index contributed by atoms with van der Waals surface area (Å²) in [5, 5.41) is 9.37. The summed E-state index contributed by atoms with van der Waals surface area (Å²) in [7, 11) is 0. The Bertz CT molecular complexity index is 380. The number of carbonyl (C=O) groups is 2. The number of hydrogen-bond acceptors (Lipinski definition) is 3. The molecule has 0 heterocycles. The predicted molar refractivity (Wildman–Crippen MR) is 100 cm³/mol. The summed E-state index contributed by atoms with van der Waals surface area (Å²) in [6.07, 6.45) is 14.4. The van der Waals surface area contributed by atoms with Crippen molar-refractivity contribution < 1.29 is 19.4 Å². The number of carboxylic acids is 1. The average molecular weight is 355 g/mol. The summed E-state index contributed by atoms with van der Waals surface area (Å²) in [6, 6.07) is 0. The van der Waals surface area contributed by atoms with Gasteiger partial charge < -0.3 is 9.84 Å². The molecule has 0 amide bonds. The summed E-state index contributed by atoms with van der Waals surface area (Å²) in [5.41, 5.74) is 0. The van der Waals surface area contributed by atoms with Gasteiger partial charge in [0, 0.05) is 0 Å². The zero-order chi connectivity index (χ0) is 18.5. The second kappa shape index (κ2) is 13.2. The zero-order valence-electron chi connectivity index (χ0n) is 16.3. The van der Waals surface area contributed by atoms with E-state index in [1.54, 1.807) is 0 Å². The Balaban J connectivity index is 2.45. The Hall–Kier alpha value is -1.06. The molecule has 4 nitrogen and oxygen atoms in total. The fraction of sp³-hybridized carbons (Fsp3) is 0.905. The van der Waals surface area contributed by atoms with Crippen LogP contribution in [0.5, 0.6) is 0 Å². The number of carboxylic acid groups (broad SMARTS) is 1. The quantitative estimate of drug-likeness (QED) is 0.339. The molecular weight excluding hydrogens is 316 g/mol. The highest BCUT2D eigenvalue weighted by Gasteiger charge is 2.37. The van der Waals surface area contributed by atoms with E-state index < -0.39 is 17.8 Å². The molecule has 146 valence electrons. The van der Waals surface area contributed by atoms with Gasteiger partial charge in [0.25, 0.3) is 0 Å². The van der Waals surface area contributed by atoms with Gasteiger partial charge in [-0.1, -0.05) is 71.6 Å². The monoisotopic (exact) mass is 354 g/mol. The molecule has 0 spiro atoms. The van der Waals surface area contributed by atoms with Gasteiger partial charge in [-0.25, -0.2) is 0 Å². The summed E-state index contributed by atoms with van der Waals surface area (Å²) >= 11 is 0. The van der Waals surface area contributed by atoms with Crippen molar-refractivity contribution in [2.45, 2.75) is 110 Å². The first kappa shape index (κ1) is 22.0. The fourth-order valence-electron chi connectivity index (χ4n) is 3.81. The molecule has 0 saturated heterocycles. The zero-order valence-corrected chi connectivity index (χ0v) is 16.3. The molecule has 0 radical (unpaired) electrons. The van der Waals surface area contributed by atoms with Gasteiger partial charge in [-0.3, -0.25) is 9.59 Å². The van der Waals surface area contributed by atoms with Crippen LogP contribution in [0.25, 0.3) is 0 Å². The van der Waals surface area contributed by atoms with Gasteiger partial charge in [-0.2, -0.15) is 0 Å². The number of ether oxygens (including phenoxy) is 1. The van der Waals surface area contributed by atoms with Crippen LogP contribution in [0.1, 0.15) is 104 Å². The fourth-order valence-corrected chi connectivity index (χ4v) is 3.81.